The fourth-order valence-corrected chi connectivity index (χ4v) is 3.76. The predicted molar refractivity (Wildman–Crippen MR) is 143 cm³/mol. The van der Waals surface area contributed by atoms with Gasteiger partial charge in [0.2, 0.25) is 0 Å². The molecule has 1 saturated heterocycles. The lowest BCUT2D eigenvalue weighted by Gasteiger charge is -2.21. The molecule has 1 aliphatic rings. The molecule has 2 aromatic carbocycles. The second-order valence-corrected chi connectivity index (χ2v) is 7.49. The molecular formula is C24H35IN4O4. The quantitative estimate of drug-likeness (QED) is 0.271. The minimum Gasteiger partial charge on any atom is -0.497 e. The molecule has 182 valence electrons. The van der Waals surface area contributed by atoms with Gasteiger partial charge in [0.15, 0.2) is 17.5 Å². The van der Waals surface area contributed by atoms with E-state index in [9.17, 15) is 0 Å². The van der Waals surface area contributed by atoms with Gasteiger partial charge in [-0.3, -0.25) is 4.99 Å². The van der Waals surface area contributed by atoms with Gasteiger partial charge in [-0.1, -0.05) is 6.07 Å². The van der Waals surface area contributed by atoms with Gasteiger partial charge in [0.25, 0.3) is 0 Å². The first-order valence-electron chi connectivity index (χ1n) is 10.8. The van der Waals surface area contributed by atoms with Crippen LogP contribution in [-0.4, -0.2) is 60.1 Å². The first-order chi connectivity index (χ1) is 15.6. The smallest absolute Gasteiger partial charge is 0.191 e. The van der Waals surface area contributed by atoms with E-state index in [1.165, 1.54) is 0 Å². The number of halogens is 1. The highest BCUT2D eigenvalue weighted by molar-refractivity contribution is 14.0. The molecular weight excluding hydrogens is 535 g/mol. The number of nitrogens with one attached hydrogen (secondary N) is 2. The number of hydrogen-bond acceptors (Lipinski definition) is 6. The zero-order valence-electron chi connectivity index (χ0n) is 20.0. The van der Waals surface area contributed by atoms with Crippen LogP contribution in [0.1, 0.15) is 18.9 Å². The van der Waals surface area contributed by atoms with E-state index in [-0.39, 0.29) is 30.0 Å². The third-order valence-electron chi connectivity index (χ3n) is 5.44. The average molecular weight is 570 g/mol. The molecule has 1 fully saturated rings. The number of guanidine groups is 1. The minimum atomic E-state index is 0. The van der Waals surface area contributed by atoms with E-state index in [1.54, 1.807) is 28.4 Å². The van der Waals surface area contributed by atoms with Crippen molar-refractivity contribution in [1.29, 1.82) is 0 Å². The molecule has 9 heteroatoms. The Morgan fingerprint density at radius 2 is 1.76 bits per heavy atom. The maximum atomic E-state index is 5.67. The molecule has 2 N–H and O–H groups in total. The third-order valence-corrected chi connectivity index (χ3v) is 5.44. The summed E-state index contributed by atoms with van der Waals surface area (Å²) in [5, 5.41) is 6.93. The van der Waals surface area contributed by atoms with Crippen LogP contribution in [0, 0.1) is 0 Å². The lowest BCUT2D eigenvalue weighted by molar-refractivity contribution is 0.310. The molecule has 33 heavy (non-hydrogen) atoms. The summed E-state index contributed by atoms with van der Waals surface area (Å²) in [6, 6.07) is 12.2. The summed E-state index contributed by atoms with van der Waals surface area (Å²) in [7, 11) is 6.77. The average Bonchev–Trinajstić information content (AvgIpc) is 3.30. The number of ether oxygens (including phenoxy) is 4. The van der Waals surface area contributed by atoms with Crippen molar-refractivity contribution in [3.05, 3.63) is 42.0 Å². The van der Waals surface area contributed by atoms with Crippen molar-refractivity contribution in [2.75, 3.05) is 53.0 Å². The zero-order chi connectivity index (χ0) is 22.9. The molecule has 1 atom stereocenters. The molecule has 0 radical (unpaired) electrons. The summed E-state index contributed by atoms with van der Waals surface area (Å²) in [6.07, 6.45) is 1.01. The third kappa shape index (κ3) is 7.21. The van der Waals surface area contributed by atoms with Crippen molar-refractivity contribution < 1.29 is 18.9 Å². The Kier molecular flexibility index (Phi) is 10.7. The molecule has 3 rings (SSSR count). The monoisotopic (exact) mass is 570 g/mol. The van der Waals surface area contributed by atoms with Crippen molar-refractivity contribution in [2.45, 2.75) is 25.9 Å². The molecule has 0 saturated carbocycles. The van der Waals surface area contributed by atoms with Crippen LogP contribution in [0.3, 0.4) is 0 Å². The normalized spacial score (nSPS) is 15.5. The molecule has 0 amide bonds. The second kappa shape index (κ2) is 13.2. The van der Waals surface area contributed by atoms with E-state index in [1.807, 2.05) is 43.3 Å². The van der Waals surface area contributed by atoms with Gasteiger partial charge in [-0.25, -0.2) is 0 Å². The predicted octanol–water partition coefficient (Wildman–Crippen LogP) is 3.67. The highest BCUT2D eigenvalue weighted by atomic mass is 127. The summed E-state index contributed by atoms with van der Waals surface area (Å²) in [5.41, 5.74) is 2.18. The van der Waals surface area contributed by atoms with E-state index in [4.69, 9.17) is 18.9 Å². The molecule has 1 aliphatic heterocycles. The number of anilines is 1. The Hall–Kier alpha value is -2.56. The summed E-state index contributed by atoms with van der Waals surface area (Å²) < 4.78 is 21.9. The lowest BCUT2D eigenvalue weighted by Crippen LogP contribution is -2.44. The molecule has 0 aliphatic carbocycles. The van der Waals surface area contributed by atoms with E-state index in [2.05, 4.69) is 20.5 Å². The first kappa shape index (κ1) is 26.7. The van der Waals surface area contributed by atoms with Crippen LogP contribution < -0.4 is 34.5 Å². The van der Waals surface area contributed by atoms with E-state index >= 15 is 0 Å². The molecule has 2 aromatic rings. The largest absolute Gasteiger partial charge is 0.497 e. The molecule has 1 unspecified atom stereocenters. The number of methoxy groups -OCH3 is 3. The van der Waals surface area contributed by atoms with Crippen LogP contribution in [0.5, 0.6) is 23.0 Å². The Morgan fingerprint density at radius 1 is 1.03 bits per heavy atom. The second-order valence-electron chi connectivity index (χ2n) is 7.49. The van der Waals surface area contributed by atoms with Crippen molar-refractivity contribution in [3.63, 3.8) is 0 Å². The summed E-state index contributed by atoms with van der Waals surface area (Å²) >= 11 is 0. The number of hydrogen-bond donors (Lipinski definition) is 2. The van der Waals surface area contributed by atoms with Gasteiger partial charge in [0.1, 0.15) is 11.5 Å². The van der Waals surface area contributed by atoms with Crippen LogP contribution in [-0.2, 0) is 6.54 Å². The zero-order valence-corrected chi connectivity index (χ0v) is 22.3. The molecule has 8 nitrogen and oxygen atoms in total. The van der Waals surface area contributed by atoms with Gasteiger partial charge in [-0.2, -0.15) is 0 Å². The minimum absolute atomic E-state index is 0. The SMILES string of the molecule is CCOc1cc(CNC(=NC)NC2CCN(c3cc(OC)cc(OC)c3)C2)ccc1OC.I. The topological polar surface area (TPSA) is 76.6 Å². The number of rotatable bonds is 9. The van der Waals surface area contributed by atoms with Crippen molar-refractivity contribution in [2.24, 2.45) is 4.99 Å². The highest BCUT2D eigenvalue weighted by Gasteiger charge is 2.24. The summed E-state index contributed by atoms with van der Waals surface area (Å²) in [4.78, 5) is 6.72. The number of nitrogens with zero attached hydrogens (tertiary/aromatic N) is 2. The van der Waals surface area contributed by atoms with Crippen LogP contribution in [0.2, 0.25) is 0 Å². The molecule has 0 spiro atoms. The summed E-state index contributed by atoms with van der Waals surface area (Å²) in [6.45, 7) is 5.00. The molecule has 0 aromatic heterocycles. The Morgan fingerprint density at radius 3 is 2.36 bits per heavy atom. The lowest BCUT2D eigenvalue weighted by atomic mass is 10.2. The fraction of sp³-hybridized carbons (Fsp3) is 0.458. The van der Waals surface area contributed by atoms with Crippen molar-refractivity contribution in [1.82, 2.24) is 10.6 Å². The van der Waals surface area contributed by atoms with Crippen molar-refractivity contribution in [3.8, 4) is 23.0 Å². The van der Waals surface area contributed by atoms with Gasteiger partial charge in [0.05, 0.1) is 27.9 Å². The van der Waals surface area contributed by atoms with Crippen LogP contribution in [0.25, 0.3) is 0 Å². The van der Waals surface area contributed by atoms with E-state index in [0.29, 0.717) is 13.2 Å². The maximum Gasteiger partial charge on any atom is 0.191 e. The summed E-state index contributed by atoms with van der Waals surface area (Å²) in [5.74, 6) is 3.84. The first-order valence-corrected chi connectivity index (χ1v) is 10.8. The van der Waals surface area contributed by atoms with Crippen LogP contribution >= 0.6 is 24.0 Å². The van der Waals surface area contributed by atoms with E-state index in [0.717, 1.165) is 59.7 Å². The number of benzene rings is 2. The van der Waals surface area contributed by atoms with Gasteiger partial charge in [-0.15, -0.1) is 24.0 Å². The van der Waals surface area contributed by atoms with Crippen molar-refractivity contribution >= 4 is 35.6 Å². The Balaban J connectivity index is 0.00000385. The van der Waals surface area contributed by atoms with Gasteiger partial charge >= 0.3 is 0 Å². The fourth-order valence-electron chi connectivity index (χ4n) is 3.76. The highest BCUT2D eigenvalue weighted by Crippen LogP contribution is 2.30. The van der Waals surface area contributed by atoms with Gasteiger partial charge in [-0.05, 0) is 31.0 Å². The van der Waals surface area contributed by atoms with Gasteiger partial charge in [0, 0.05) is 56.6 Å². The Labute approximate surface area is 213 Å². The Bertz CT molecular complexity index is 903. The van der Waals surface area contributed by atoms with Gasteiger partial charge < -0.3 is 34.5 Å². The standard InChI is InChI=1S/C24H34N4O4.HI/c1-6-32-23-11-17(7-8-22(23)31-5)15-26-24(25-2)27-18-9-10-28(16-18)19-12-20(29-3)14-21(13-19)30-4;/h7-8,11-14,18H,6,9-10,15-16H2,1-5H3,(H2,25,26,27);1H. The van der Waals surface area contributed by atoms with Crippen LogP contribution in [0.4, 0.5) is 5.69 Å². The van der Waals surface area contributed by atoms with Crippen LogP contribution in [0.15, 0.2) is 41.4 Å². The number of aliphatic imine (C=N–C) groups is 1. The maximum absolute atomic E-state index is 5.67. The molecule has 0 bridgehead atoms. The molecule has 1 heterocycles. The van der Waals surface area contributed by atoms with E-state index < -0.39 is 0 Å².